The van der Waals surface area contributed by atoms with Gasteiger partial charge < -0.3 is 15.3 Å². The Morgan fingerprint density at radius 2 is 2.00 bits per heavy atom. The van der Waals surface area contributed by atoms with Gasteiger partial charge in [-0.2, -0.15) is 0 Å². The van der Waals surface area contributed by atoms with Crippen LogP contribution in [0.4, 0.5) is 0 Å². The molecule has 0 radical (unpaired) electrons. The number of benzene rings is 1. The topological polar surface area (TPSA) is 69.6 Å². The minimum atomic E-state index is -0.322. The Hall–Kier alpha value is -1.88. The summed E-state index contributed by atoms with van der Waals surface area (Å²) in [5.74, 6) is -0.00730. The lowest BCUT2D eigenvalue weighted by Crippen LogP contribution is -2.37. The van der Waals surface area contributed by atoms with Crippen molar-refractivity contribution in [1.29, 1.82) is 0 Å². The summed E-state index contributed by atoms with van der Waals surface area (Å²) >= 11 is 0. The molecular weight excluding hydrogens is 292 g/mol. The Morgan fingerprint density at radius 1 is 1.30 bits per heavy atom. The average molecular weight is 318 g/mol. The lowest BCUT2D eigenvalue weighted by molar-refractivity contribution is -0.131. The fourth-order valence-electron chi connectivity index (χ4n) is 3.20. The van der Waals surface area contributed by atoms with Gasteiger partial charge in [0.05, 0.1) is 18.6 Å². The van der Waals surface area contributed by atoms with Gasteiger partial charge in [0.1, 0.15) is 0 Å². The first-order valence-corrected chi connectivity index (χ1v) is 8.21. The molecule has 1 aromatic rings. The molecule has 0 saturated heterocycles. The highest BCUT2D eigenvalue weighted by atomic mass is 16.3. The third-order valence-electron chi connectivity index (χ3n) is 4.51. The number of hydrogen-bond acceptors (Lipinski definition) is 3. The number of aliphatic hydroxyl groups is 1. The van der Waals surface area contributed by atoms with Crippen molar-refractivity contribution in [2.75, 3.05) is 13.6 Å². The summed E-state index contributed by atoms with van der Waals surface area (Å²) < 4.78 is 0. The third kappa shape index (κ3) is 5.06. The van der Waals surface area contributed by atoms with E-state index in [1.54, 1.807) is 11.9 Å². The largest absolute Gasteiger partial charge is 0.393 e. The van der Waals surface area contributed by atoms with Crippen molar-refractivity contribution in [3.63, 3.8) is 0 Å². The minimum Gasteiger partial charge on any atom is -0.393 e. The minimum absolute atomic E-state index is 0.0216. The molecule has 0 aliphatic heterocycles. The zero-order valence-corrected chi connectivity index (χ0v) is 13.9. The van der Waals surface area contributed by atoms with E-state index in [0.717, 1.165) is 24.8 Å². The number of nitrogens with one attached hydrogen (secondary N) is 1. The lowest BCUT2D eigenvalue weighted by Gasteiger charge is -2.26. The number of amides is 2. The van der Waals surface area contributed by atoms with Crippen molar-refractivity contribution in [2.45, 2.75) is 44.8 Å². The number of carbonyl (C=O) groups excluding carboxylic acids is 2. The smallest absolute Gasteiger partial charge is 0.224 e. The van der Waals surface area contributed by atoms with E-state index in [2.05, 4.69) is 5.32 Å². The van der Waals surface area contributed by atoms with Gasteiger partial charge >= 0.3 is 0 Å². The van der Waals surface area contributed by atoms with E-state index in [1.807, 2.05) is 30.3 Å². The molecule has 1 fully saturated rings. The summed E-state index contributed by atoms with van der Waals surface area (Å²) in [6, 6.07) is 9.20. The third-order valence-corrected chi connectivity index (χ3v) is 4.51. The first-order chi connectivity index (χ1) is 11.0. The molecule has 3 atom stereocenters. The van der Waals surface area contributed by atoms with Gasteiger partial charge in [-0.05, 0) is 18.4 Å². The molecule has 1 aliphatic carbocycles. The van der Waals surface area contributed by atoms with Crippen LogP contribution < -0.4 is 5.32 Å². The van der Waals surface area contributed by atoms with Crippen LogP contribution in [-0.2, 0) is 9.59 Å². The Bertz CT molecular complexity index is 532. The summed E-state index contributed by atoms with van der Waals surface area (Å²) in [4.78, 5) is 25.6. The van der Waals surface area contributed by atoms with E-state index >= 15 is 0 Å². The molecule has 5 nitrogen and oxygen atoms in total. The number of hydrogen-bond donors (Lipinski definition) is 2. The summed E-state index contributed by atoms with van der Waals surface area (Å²) in [6.45, 7) is 2.03. The quantitative estimate of drug-likeness (QED) is 0.841. The Kier molecular flexibility index (Phi) is 6.16. The van der Waals surface area contributed by atoms with Crippen molar-refractivity contribution in [1.82, 2.24) is 10.2 Å². The molecule has 2 amide bonds. The van der Waals surface area contributed by atoms with Crippen molar-refractivity contribution in [2.24, 2.45) is 5.92 Å². The van der Waals surface area contributed by atoms with Gasteiger partial charge in [-0.3, -0.25) is 9.59 Å². The SMILES string of the molecule is CC(=O)NC(CC(=O)N(C)CC1CCCC1O)c1ccccc1. The van der Waals surface area contributed by atoms with Crippen LogP contribution in [0.25, 0.3) is 0 Å². The van der Waals surface area contributed by atoms with Crippen molar-refractivity contribution < 1.29 is 14.7 Å². The first kappa shape index (κ1) is 17.5. The van der Waals surface area contributed by atoms with Crippen LogP contribution in [0.15, 0.2) is 30.3 Å². The molecule has 2 rings (SSSR count). The second kappa shape index (κ2) is 8.11. The van der Waals surface area contributed by atoms with Gasteiger partial charge in [0.2, 0.25) is 11.8 Å². The van der Waals surface area contributed by atoms with Crippen molar-refractivity contribution in [3.05, 3.63) is 35.9 Å². The molecule has 0 heterocycles. The molecule has 1 aliphatic rings. The predicted octanol–water partition coefficient (Wildman–Crippen LogP) is 1.87. The normalized spacial score (nSPS) is 21.7. The molecule has 23 heavy (non-hydrogen) atoms. The predicted molar refractivity (Wildman–Crippen MR) is 88.6 cm³/mol. The highest BCUT2D eigenvalue weighted by Gasteiger charge is 2.28. The van der Waals surface area contributed by atoms with Crippen LogP contribution in [-0.4, -0.2) is 41.5 Å². The maximum atomic E-state index is 12.5. The maximum Gasteiger partial charge on any atom is 0.224 e. The van der Waals surface area contributed by atoms with Gasteiger partial charge in [-0.1, -0.05) is 36.8 Å². The molecule has 3 unspecified atom stereocenters. The zero-order valence-electron chi connectivity index (χ0n) is 13.9. The number of nitrogens with zero attached hydrogens (tertiary/aromatic N) is 1. The molecule has 0 aromatic heterocycles. The van der Waals surface area contributed by atoms with E-state index in [-0.39, 0.29) is 36.3 Å². The van der Waals surface area contributed by atoms with Gasteiger partial charge in [0.15, 0.2) is 0 Å². The highest BCUT2D eigenvalue weighted by molar-refractivity contribution is 5.79. The molecule has 2 N–H and O–H groups in total. The molecule has 0 bridgehead atoms. The number of carbonyl (C=O) groups is 2. The van der Waals surface area contributed by atoms with Crippen LogP contribution >= 0.6 is 0 Å². The molecular formula is C18H26N2O3. The average Bonchev–Trinajstić information content (AvgIpc) is 2.92. The number of aliphatic hydroxyl groups excluding tert-OH is 1. The molecule has 1 aromatic carbocycles. The monoisotopic (exact) mass is 318 g/mol. The summed E-state index contributed by atoms with van der Waals surface area (Å²) in [5.41, 5.74) is 0.922. The fourth-order valence-corrected chi connectivity index (χ4v) is 3.20. The van der Waals surface area contributed by atoms with Crippen LogP contribution in [0.1, 0.15) is 44.2 Å². The Balaban J connectivity index is 1.97. The molecule has 126 valence electrons. The Labute approximate surface area is 137 Å². The summed E-state index contributed by atoms with van der Waals surface area (Å²) in [7, 11) is 1.77. The van der Waals surface area contributed by atoms with E-state index < -0.39 is 0 Å². The van der Waals surface area contributed by atoms with Crippen molar-refractivity contribution >= 4 is 11.8 Å². The van der Waals surface area contributed by atoms with Gasteiger partial charge in [0, 0.05) is 26.4 Å². The van der Waals surface area contributed by atoms with Gasteiger partial charge in [0.25, 0.3) is 0 Å². The molecule has 1 saturated carbocycles. The Morgan fingerprint density at radius 3 is 2.57 bits per heavy atom. The lowest BCUT2D eigenvalue weighted by atomic mass is 10.0. The van der Waals surface area contributed by atoms with Crippen LogP contribution in [0.3, 0.4) is 0 Å². The second-order valence-electron chi connectivity index (χ2n) is 6.40. The fraction of sp³-hybridized carbons (Fsp3) is 0.556. The van der Waals surface area contributed by atoms with E-state index in [9.17, 15) is 14.7 Å². The standard InChI is InChI=1S/C18H26N2O3/c1-13(21)19-16(14-7-4-3-5-8-14)11-18(23)20(2)12-15-9-6-10-17(15)22/h3-5,7-8,15-17,22H,6,9-12H2,1-2H3,(H,19,21). The summed E-state index contributed by atoms with van der Waals surface area (Å²) in [5, 5.41) is 12.8. The first-order valence-electron chi connectivity index (χ1n) is 8.21. The van der Waals surface area contributed by atoms with Gasteiger partial charge in [-0.25, -0.2) is 0 Å². The van der Waals surface area contributed by atoms with Crippen LogP contribution in [0.2, 0.25) is 0 Å². The second-order valence-corrected chi connectivity index (χ2v) is 6.40. The maximum absolute atomic E-state index is 12.5. The van der Waals surface area contributed by atoms with Crippen LogP contribution in [0.5, 0.6) is 0 Å². The van der Waals surface area contributed by atoms with Gasteiger partial charge in [-0.15, -0.1) is 0 Å². The molecule has 5 heteroatoms. The molecule has 0 spiro atoms. The van der Waals surface area contributed by atoms with E-state index in [0.29, 0.717) is 6.54 Å². The van der Waals surface area contributed by atoms with E-state index in [4.69, 9.17) is 0 Å². The van der Waals surface area contributed by atoms with Crippen LogP contribution in [0, 0.1) is 5.92 Å². The van der Waals surface area contributed by atoms with Crippen molar-refractivity contribution in [3.8, 4) is 0 Å². The zero-order chi connectivity index (χ0) is 16.8. The highest BCUT2D eigenvalue weighted by Crippen LogP contribution is 2.26. The van der Waals surface area contributed by atoms with E-state index in [1.165, 1.54) is 6.92 Å². The summed E-state index contributed by atoms with van der Waals surface area (Å²) in [6.07, 6.45) is 2.73. The number of rotatable bonds is 6.